The van der Waals surface area contributed by atoms with Crippen LogP contribution in [0.25, 0.3) is 0 Å². The molecule has 1 amide bonds. The van der Waals surface area contributed by atoms with Crippen molar-refractivity contribution in [2.24, 2.45) is 0 Å². The van der Waals surface area contributed by atoms with Gasteiger partial charge in [0, 0.05) is 18.6 Å². The van der Waals surface area contributed by atoms with Crippen molar-refractivity contribution >= 4 is 19.2 Å². The molecule has 1 aromatic carbocycles. The third-order valence-corrected chi connectivity index (χ3v) is 3.90. The lowest BCUT2D eigenvalue weighted by Crippen LogP contribution is -2.54. The molecule has 1 fully saturated rings. The fraction of sp³-hybridized carbons (Fsp3) is 0.533. The van der Waals surface area contributed by atoms with Crippen molar-refractivity contribution in [3.63, 3.8) is 0 Å². The average Bonchev–Trinajstić information content (AvgIpc) is 2.67. The van der Waals surface area contributed by atoms with Gasteiger partial charge in [-0.15, -0.1) is 0 Å². The summed E-state index contributed by atoms with van der Waals surface area (Å²) < 4.78 is 11.5. The number of carbonyl (C=O) groups excluding carboxylic acids is 1. The Morgan fingerprint density at radius 3 is 2.95 bits per heavy atom. The molecule has 2 aliphatic heterocycles. The van der Waals surface area contributed by atoms with E-state index in [1.54, 1.807) is 12.1 Å². The molecule has 21 heavy (non-hydrogen) atoms. The Morgan fingerprint density at radius 2 is 2.24 bits per heavy atom. The van der Waals surface area contributed by atoms with Crippen LogP contribution >= 0.6 is 0 Å². The summed E-state index contributed by atoms with van der Waals surface area (Å²) >= 11 is 0. The lowest BCUT2D eigenvalue weighted by Gasteiger charge is -2.42. The van der Waals surface area contributed by atoms with Crippen LogP contribution in [-0.2, 0) is 15.1 Å². The van der Waals surface area contributed by atoms with Crippen molar-refractivity contribution in [2.75, 3.05) is 6.61 Å². The van der Waals surface area contributed by atoms with Gasteiger partial charge in [0.25, 0.3) is 0 Å². The second-order valence-electron chi connectivity index (χ2n) is 6.15. The second-order valence-corrected chi connectivity index (χ2v) is 6.15. The molecule has 2 N–H and O–H groups in total. The first kappa shape index (κ1) is 14.4. The summed E-state index contributed by atoms with van der Waals surface area (Å²) in [5.74, 6) is 0.574. The van der Waals surface area contributed by atoms with Gasteiger partial charge in [0.2, 0.25) is 5.91 Å². The number of fused-ring (bicyclic) bond motifs is 2. The van der Waals surface area contributed by atoms with Crippen molar-refractivity contribution in [2.45, 2.75) is 44.7 Å². The van der Waals surface area contributed by atoms with Crippen LogP contribution in [-0.4, -0.2) is 32.3 Å². The summed E-state index contributed by atoms with van der Waals surface area (Å²) in [6.45, 7) is 6.34. The first-order chi connectivity index (χ1) is 9.86. The molecule has 0 bridgehead atoms. The minimum absolute atomic E-state index is 0.107. The Labute approximate surface area is 125 Å². The molecule has 1 spiro atoms. The van der Waals surface area contributed by atoms with E-state index in [1.807, 2.05) is 26.8 Å². The van der Waals surface area contributed by atoms with Gasteiger partial charge in [0.05, 0.1) is 0 Å². The number of hydrogen-bond acceptors (Lipinski definition) is 4. The van der Waals surface area contributed by atoms with Crippen LogP contribution in [0.15, 0.2) is 18.2 Å². The molecule has 2 unspecified atom stereocenters. The van der Waals surface area contributed by atoms with Crippen LogP contribution in [0.1, 0.15) is 32.8 Å². The Morgan fingerprint density at radius 1 is 1.48 bits per heavy atom. The van der Waals surface area contributed by atoms with E-state index in [4.69, 9.17) is 17.3 Å². The predicted octanol–water partition coefficient (Wildman–Crippen LogP) is 0.276. The van der Waals surface area contributed by atoms with Crippen molar-refractivity contribution in [1.29, 1.82) is 0 Å². The topological polar surface area (TPSA) is 59.6 Å². The molecular weight excluding hydrogens is 267 g/mol. The van der Waals surface area contributed by atoms with E-state index >= 15 is 0 Å². The van der Waals surface area contributed by atoms with Gasteiger partial charge < -0.3 is 14.8 Å². The number of ether oxygens (including phenoxy) is 2. The van der Waals surface area contributed by atoms with Crippen LogP contribution in [0.5, 0.6) is 5.75 Å². The number of carbonyl (C=O) groups is 1. The Bertz CT molecular complexity index is 590. The Hall–Kier alpha value is -1.53. The monoisotopic (exact) mass is 286 g/mol. The second kappa shape index (κ2) is 4.75. The molecule has 5 nitrogen and oxygen atoms in total. The Kier molecular flexibility index (Phi) is 3.26. The third-order valence-electron chi connectivity index (χ3n) is 3.90. The minimum atomic E-state index is -0.869. The van der Waals surface area contributed by atoms with Crippen molar-refractivity contribution in [1.82, 2.24) is 10.6 Å². The molecule has 0 aromatic heterocycles. The van der Waals surface area contributed by atoms with E-state index in [2.05, 4.69) is 10.6 Å². The predicted molar refractivity (Wildman–Crippen MR) is 79.5 cm³/mol. The van der Waals surface area contributed by atoms with Gasteiger partial charge in [-0.3, -0.25) is 10.1 Å². The van der Waals surface area contributed by atoms with E-state index in [0.717, 1.165) is 5.56 Å². The molecule has 0 aliphatic carbocycles. The smallest absolute Gasteiger partial charge is 0.248 e. The summed E-state index contributed by atoms with van der Waals surface area (Å²) in [4.78, 5) is 12.6. The average molecular weight is 286 g/mol. The van der Waals surface area contributed by atoms with Gasteiger partial charge in [-0.05, 0) is 26.8 Å². The minimum Gasteiger partial charge on any atom is -0.487 e. The zero-order valence-corrected chi connectivity index (χ0v) is 12.5. The van der Waals surface area contributed by atoms with Gasteiger partial charge in [0.15, 0.2) is 6.35 Å². The first-order valence-electron chi connectivity index (χ1n) is 7.16. The van der Waals surface area contributed by atoms with Crippen molar-refractivity contribution in [3.05, 3.63) is 23.8 Å². The van der Waals surface area contributed by atoms with Gasteiger partial charge in [-0.1, -0.05) is 17.6 Å². The number of hydrogen-bond donors (Lipinski definition) is 2. The quantitative estimate of drug-likeness (QED) is 0.767. The van der Waals surface area contributed by atoms with Gasteiger partial charge >= 0.3 is 0 Å². The molecule has 3 rings (SSSR count). The fourth-order valence-electron chi connectivity index (χ4n) is 3.19. The summed E-state index contributed by atoms with van der Waals surface area (Å²) in [6, 6.07) is 5.39. The summed E-state index contributed by atoms with van der Waals surface area (Å²) in [7, 11) is 5.89. The molecule has 6 heteroatoms. The number of rotatable bonds is 2. The Balaban J connectivity index is 2.09. The lowest BCUT2D eigenvalue weighted by atomic mass is 9.76. The molecule has 110 valence electrons. The summed E-state index contributed by atoms with van der Waals surface area (Å²) in [5.41, 5.74) is 0.0355. The van der Waals surface area contributed by atoms with Crippen LogP contribution in [0.2, 0.25) is 0 Å². The summed E-state index contributed by atoms with van der Waals surface area (Å²) in [5, 5.41) is 6.12. The lowest BCUT2D eigenvalue weighted by molar-refractivity contribution is -0.127. The molecule has 0 saturated carbocycles. The molecule has 2 aliphatic rings. The standard InChI is InChI=1S/C15H19BN2O3/c1-4-20-13-17-12(19)15(18-13)8-14(2,3)21-11-6-5-9(16)7-10(11)15/h5-7,13,18H,4,8H2,1-3H3,(H,17,19). The highest BCUT2D eigenvalue weighted by molar-refractivity contribution is 6.32. The fourth-order valence-corrected chi connectivity index (χ4v) is 3.19. The van der Waals surface area contributed by atoms with Crippen LogP contribution in [0.4, 0.5) is 0 Å². The summed E-state index contributed by atoms with van der Waals surface area (Å²) in [6.07, 6.45) is 0.0111. The third kappa shape index (κ3) is 2.32. The van der Waals surface area contributed by atoms with E-state index in [-0.39, 0.29) is 5.91 Å². The van der Waals surface area contributed by atoms with E-state index in [9.17, 15) is 4.79 Å². The van der Waals surface area contributed by atoms with E-state index in [1.165, 1.54) is 0 Å². The largest absolute Gasteiger partial charge is 0.487 e. The van der Waals surface area contributed by atoms with Crippen LogP contribution in [0.3, 0.4) is 0 Å². The zero-order chi connectivity index (χ0) is 15.3. The van der Waals surface area contributed by atoms with Crippen molar-refractivity contribution < 1.29 is 14.3 Å². The number of nitrogens with one attached hydrogen (secondary N) is 2. The molecular formula is C15H19BN2O3. The molecule has 1 saturated heterocycles. The van der Waals surface area contributed by atoms with Gasteiger partial charge in [-0.25, -0.2) is 0 Å². The van der Waals surface area contributed by atoms with E-state index in [0.29, 0.717) is 24.2 Å². The molecule has 2 heterocycles. The zero-order valence-electron chi connectivity index (χ0n) is 12.5. The van der Waals surface area contributed by atoms with E-state index < -0.39 is 17.5 Å². The van der Waals surface area contributed by atoms with Gasteiger partial charge in [-0.2, -0.15) is 0 Å². The molecule has 2 radical (unpaired) electrons. The highest BCUT2D eigenvalue weighted by Crippen LogP contribution is 2.44. The number of benzene rings is 1. The normalized spacial score (nSPS) is 29.9. The maximum absolute atomic E-state index is 12.6. The maximum Gasteiger partial charge on any atom is 0.248 e. The maximum atomic E-state index is 12.6. The SMILES string of the molecule is [B]c1ccc2c(c1)C1(CC(C)(C)O2)NC(OCC)NC1=O. The highest BCUT2D eigenvalue weighted by atomic mass is 16.5. The van der Waals surface area contributed by atoms with Crippen LogP contribution < -0.4 is 20.8 Å². The van der Waals surface area contributed by atoms with Crippen molar-refractivity contribution in [3.8, 4) is 5.75 Å². The number of amides is 1. The first-order valence-corrected chi connectivity index (χ1v) is 7.16. The highest BCUT2D eigenvalue weighted by Gasteiger charge is 2.55. The molecule has 2 atom stereocenters. The van der Waals surface area contributed by atoms with Crippen LogP contribution in [0, 0.1) is 0 Å². The van der Waals surface area contributed by atoms with Gasteiger partial charge in [0.1, 0.15) is 24.7 Å². The molecule has 1 aromatic rings.